The van der Waals surface area contributed by atoms with Crippen LogP contribution in [0.15, 0.2) is 24.3 Å². The molecule has 21 heavy (non-hydrogen) atoms. The van der Waals surface area contributed by atoms with Crippen LogP contribution in [0, 0.1) is 0 Å². The van der Waals surface area contributed by atoms with Crippen molar-refractivity contribution in [1.82, 2.24) is 5.32 Å². The van der Waals surface area contributed by atoms with Crippen LogP contribution in [-0.2, 0) is 14.3 Å². The molecule has 0 saturated carbocycles. The third-order valence-electron chi connectivity index (χ3n) is 2.62. The highest BCUT2D eigenvalue weighted by Gasteiger charge is 2.15. The molecule has 7 heteroatoms. The van der Waals surface area contributed by atoms with Crippen LogP contribution in [0.1, 0.15) is 6.42 Å². The summed E-state index contributed by atoms with van der Waals surface area (Å²) in [6.45, 7) is 0.000520. The number of ether oxygens (including phenoxy) is 3. The Hall–Kier alpha value is -2.28. The van der Waals surface area contributed by atoms with E-state index in [2.05, 4.69) is 10.1 Å². The number of benzene rings is 1. The molecular formula is C14H19NO6. The van der Waals surface area contributed by atoms with Gasteiger partial charge in [-0.3, -0.25) is 4.79 Å². The Bertz CT molecular complexity index is 459. The molecule has 7 nitrogen and oxygen atoms in total. The highest BCUT2D eigenvalue weighted by molar-refractivity contribution is 5.78. The normalized spacial score (nSPS) is 11.4. The number of aliphatic hydroxyl groups excluding tert-OH is 1. The molecule has 1 atom stereocenters. The molecule has 0 bridgehead atoms. The molecule has 2 N–H and O–H groups in total. The molecule has 116 valence electrons. The van der Waals surface area contributed by atoms with E-state index in [0.717, 1.165) is 12.9 Å². The molecule has 1 aromatic carbocycles. The molecule has 0 aromatic heterocycles. The lowest BCUT2D eigenvalue weighted by Gasteiger charge is -2.10. The summed E-state index contributed by atoms with van der Waals surface area (Å²) < 4.78 is 14.7. The number of methoxy groups -OCH3 is 2. The fourth-order valence-electron chi connectivity index (χ4n) is 1.45. The van der Waals surface area contributed by atoms with Crippen molar-refractivity contribution in [3.05, 3.63) is 24.3 Å². The van der Waals surface area contributed by atoms with Gasteiger partial charge in [-0.15, -0.1) is 0 Å². The van der Waals surface area contributed by atoms with Crippen molar-refractivity contribution in [2.75, 3.05) is 27.4 Å². The van der Waals surface area contributed by atoms with Gasteiger partial charge < -0.3 is 24.6 Å². The molecule has 1 unspecified atom stereocenters. The fourth-order valence-corrected chi connectivity index (χ4v) is 1.45. The summed E-state index contributed by atoms with van der Waals surface area (Å²) in [5.74, 6) is 0.228. The number of nitrogens with one attached hydrogen (secondary N) is 1. The van der Waals surface area contributed by atoms with Gasteiger partial charge in [0.05, 0.1) is 33.8 Å². The van der Waals surface area contributed by atoms with Crippen molar-refractivity contribution < 1.29 is 28.9 Å². The lowest BCUT2D eigenvalue weighted by Crippen LogP contribution is -2.37. The molecular weight excluding hydrogens is 278 g/mol. The van der Waals surface area contributed by atoms with E-state index >= 15 is 0 Å². The number of rotatable bonds is 8. The average Bonchev–Trinajstić information content (AvgIpc) is 2.52. The van der Waals surface area contributed by atoms with Gasteiger partial charge in [0.2, 0.25) is 5.91 Å². The van der Waals surface area contributed by atoms with Crippen molar-refractivity contribution in [2.24, 2.45) is 0 Å². The van der Waals surface area contributed by atoms with Crippen molar-refractivity contribution in [3.8, 4) is 11.5 Å². The summed E-state index contributed by atoms with van der Waals surface area (Å²) in [6, 6.07) is 6.97. The molecule has 1 amide bonds. The van der Waals surface area contributed by atoms with Gasteiger partial charge in [-0.05, 0) is 24.3 Å². The van der Waals surface area contributed by atoms with Crippen molar-refractivity contribution in [1.29, 1.82) is 0 Å². The molecule has 0 spiro atoms. The zero-order valence-corrected chi connectivity index (χ0v) is 12.0. The maximum absolute atomic E-state index is 11.5. The van der Waals surface area contributed by atoms with Gasteiger partial charge in [0, 0.05) is 0 Å². The summed E-state index contributed by atoms with van der Waals surface area (Å²) >= 11 is 0. The number of esters is 1. The lowest BCUT2D eigenvalue weighted by molar-refractivity contribution is -0.150. The Morgan fingerprint density at radius 1 is 1.19 bits per heavy atom. The minimum Gasteiger partial charge on any atom is -0.497 e. The Balaban J connectivity index is 2.22. The van der Waals surface area contributed by atoms with Crippen LogP contribution in [0.25, 0.3) is 0 Å². The molecule has 0 aliphatic carbocycles. The molecule has 0 radical (unpaired) electrons. The summed E-state index contributed by atoms with van der Waals surface area (Å²) in [7, 11) is 2.74. The number of hydrogen-bond donors (Lipinski definition) is 2. The van der Waals surface area contributed by atoms with E-state index in [-0.39, 0.29) is 25.5 Å². The number of hydrogen-bond acceptors (Lipinski definition) is 6. The standard InChI is InChI=1S/C14H19NO6/c1-19-10-3-5-11(6-4-10)21-8-7-13(17)15-9-12(16)14(18)20-2/h3-6,12,16H,7-9H2,1-2H3,(H,15,17). The van der Waals surface area contributed by atoms with Gasteiger partial charge in [-0.1, -0.05) is 0 Å². The van der Waals surface area contributed by atoms with Gasteiger partial charge in [0.25, 0.3) is 0 Å². The van der Waals surface area contributed by atoms with Crippen LogP contribution in [-0.4, -0.2) is 50.5 Å². The zero-order chi connectivity index (χ0) is 15.7. The van der Waals surface area contributed by atoms with Crippen LogP contribution in [0.2, 0.25) is 0 Å². The van der Waals surface area contributed by atoms with Crippen LogP contribution in [0.3, 0.4) is 0 Å². The number of amides is 1. The average molecular weight is 297 g/mol. The predicted octanol–water partition coefficient (Wildman–Crippen LogP) is 0.114. The molecule has 1 rings (SSSR count). The van der Waals surface area contributed by atoms with Crippen molar-refractivity contribution in [3.63, 3.8) is 0 Å². The van der Waals surface area contributed by atoms with Gasteiger partial charge in [0.1, 0.15) is 11.5 Å². The first-order valence-electron chi connectivity index (χ1n) is 6.36. The predicted molar refractivity (Wildman–Crippen MR) is 74.1 cm³/mol. The van der Waals surface area contributed by atoms with Crippen molar-refractivity contribution in [2.45, 2.75) is 12.5 Å². The summed E-state index contributed by atoms with van der Waals surface area (Å²) in [6.07, 6.45) is -1.25. The first-order chi connectivity index (χ1) is 10.1. The third kappa shape index (κ3) is 6.13. The van der Waals surface area contributed by atoms with Gasteiger partial charge >= 0.3 is 5.97 Å². The van der Waals surface area contributed by atoms with E-state index < -0.39 is 12.1 Å². The van der Waals surface area contributed by atoms with E-state index in [1.165, 1.54) is 0 Å². The lowest BCUT2D eigenvalue weighted by atomic mass is 10.3. The van der Waals surface area contributed by atoms with E-state index in [0.29, 0.717) is 5.75 Å². The first kappa shape index (κ1) is 16.8. The second kappa shape index (κ2) is 8.80. The maximum atomic E-state index is 11.5. The highest BCUT2D eigenvalue weighted by Crippen LogP contribution is 2.16. The molecule has 1 aromatic rings. The van der Waals surface area contributed by atoms with Crippen LogP contribution in [0.4, 0.5) is 0 Å². The molecule has 0 saturated heterocycles. The van der Waals surface area contributed by atoms with Gasteiger partial charge in [-0.2, -0.15) is 0 Å². The van der Waals surface area contributed by atoms with Crippen LogP contribution in [0.5, 0.6) is 11.5 Å². The van der Waals surface area contributed by atoms with Gasteiger partial charge in [0.15, 0.2) is 6.10 Å². The monoisotopic (exact) mass is 297 g/mol. The molecule has 0 heterocycles. The van der Waals surface area contributed by atoms with E-state index in [9.17, 15) is 14.7 Å². The quantitative estimate of drug-likeness (QED) is 0.662. The molecule has 0 aliphatic heterocycles. The summed E-state index contributed by atoms with van der Waals surface area (Å²) in [5, 5.41) is 11.7. The zero-order valence-electron chi connectivity index (χ0n) is 12.0. The maximum Gasteiger partial charge on any atom is 0.336 e. The Morgan fingerprint density at radius 2 is 1.81 bits per heavy atom. The van der Waals surface area contributed by atoms with Crippen LogP contribution < -0.4 is 14.8 Å². The number of carbonyl (C=O) groups is 2. The van der Waals surface area contributed by atoms with Crippen LogP contribution >= 0.6 is 0 Å². The minimum atomic E-state index is -1.36. The molecule has 0 fully saturated rings. The Kier molecular flexibility index (Phi) is 7.03. The number of carbonyl (C=O) groups excluding carboxylic acids is 2. The Morgan fingerprint density at radius 3 is 2.38 bits per heavy atom. The van der Waals surface area contributed by atoms with E-state index in [4.69, 9.17) is 9.47 Å². The minimum absolute atomic E-state index is 0.111. The summed E-state index contributed by atoms with van der Waals surface area (Å²) in [5.41, 5.74) is 0. The molecule has 0 aliphatic rings. The highest BCUT2D eigenvalue weighted by atomic mass is 16.5. The second-order valence-corrected chi connectivity index (χ2v) is 4.12. The van der Waals surface area contributed by atoms with Crippen molar-refractivity contribution >= 4 is 11.9 Å². The largest absolute Gasteiger partial charge is 0.497 e. The van der Waals surface area contributed by atoms with E-state index in [1.54, 1.807) is 31.4 Å². The fraction of sp³-hybridized carbons (Fsp3) is 0.429. The topological polar surface area (TPSA) is 94.1 Å². The smallest absolute Gasteiger partial charge is 0.336 e. The van der Waals surface area contributed by atoms with E-state index in [1.807, 2.05) is 0 Å². The van der Waals surface area contributed by atoms with Gasteiger partial charge in [-0.25, -0.2) is 4.79 Å². The Labute approximate surface area is 122 Å². The second-order valence-electron chi connectivity index (χ2n) is 4.12. The third-order valence-corrected chi connectivity index (χ3v) is 2.62. The SMILES string of the molecule is COC(=O)C(O)CNC(=O)CCOc1ccc(OC)cc1. The summed E-state index contributed by atoms with van der Waals surface area (Å²) in [4.78, 5) is 22.4. The first-order valence-corrected chi connectivity index (χ1v) is 6.36. The number of aliphatic hydroxyl groups is 1.